The van der Waals surface area contributed by atoms with Gasteiger partial charge in [0, 0.05) is 11.9 Å². The summed E-state index contributed by atoms with van der Waals surface area (Å²) in [6.45, 7) is 6.62. The van der Waals surface area contributed by atoms with Crippen LogP contribution in [0.4, 0.5) is 0 Å². The fourth-order valence-corrected chi connectivity index (χ4v) is 3.61. The molecule has 0 aliphatic carbocycles. The zero-order valence-electron chi connectivity index (χ0n) is 15.7. The van der Waals surface area contributed by atoms with Crippen LogP contribution in [0.2, 0.25) is 5.15 Å². The standard InChI is InChI=1S/C22H24ClN3O/c1-3-26(4-2)20(16-10-6-5-7-11-16)15-24-22(27)18-14-21(23)25-19-13-9-8-12-17(18)19/h5-14,20H,3-4,15H2,1-2H3,(H,24,27). The Kier molecular flexibility index (Phi) is 6.43. The Hall–Kier alpha value is -2.43. The second kappa shape index (κ2) is 8.98. The SMILES string of the molecule is CCN(CC)C(CNC(=O)c1cc(Cl)nc2ccccc12)c1ccccc1. The third-order valence-electron chi connectivity index (χ3n) is 4.82. The largest absolute Gasteiger partial charge is 0.350 e. The van der Waals surface area contributed by atoms with Gasteiger partial charge in [-0.2, -0.15) is 0 Å². The highest BCUT2D eigenvalue weighted by molar-refractivity contribution is 6.30. The lowest BCUT2D eigenvalue weighted by Gasteiger charge is -2.30. The zero-order valence-corrected chi connectivity index (χ0v) is 16.4. The quantitative estimate of drug-likeness (QED) is 0.603. The fraction of sp³-hybridized carbons (Fsp3) is 0.273. The Balaban J connectivity index is 1.85. The Bertz CT molecular complexity index is 910. The fourth-order valence-electron chi connectivity index (χ4n) is 3.41. The number of pyridine rings is 1. The lowest BCUT2D eigenvalue weighted by Crippen LogP contribution is -2.38. The molecule has 2 aromatic carbocycles. The van der Waals surface area contributed by atoms with E-state index in [0.717, 1.165) is 24.0 Å². The van der Waals surface area contributed by atoms with Gasteiger partial charge in [-0.05, 0) is 30.8 Å². The van der Waals surface area contributed by atoms with E-state index in [1.807, 2.05) is 42.5 Å². The minimum atomic E-state index is -0.136. The Morgan fingerprint density at radius 2 is 1.74 bits per heavy atom. The van der Waals surface area contributed by atoms with Crippen LogP contribution in [-0.4, -0.2) is 35.4 Å². The van der Waals surface area contributed by atoms with Crippen LogP contribution in [0, 0.1) is 0 Å². The number of carbonyl (C=O) groups excluding carboxylic acids is 1. The van der Waals surface area contributed by atoms with Crippen LogP contribution in [0.5, 0.6) is 0 Å². The van der Waals surface area contributed by atoms with E-state index >= 15 is 0 Å². The van der Waals surface area contributed by atoms with Crippen molar-refractivity contribution in [2.45, 2.75) is 19.9 Å². The van der Waals surface area contributed by atoms with Gasteiger partial charge >= 0.3 is 0 Å². The third kappa shape index (κ3) is 4.46. The second-order valence-electron chi connectivity index (χ2n) is 6.37. The van der Waals surface area contributed by atoms with Crippen LogP contribution in [0.3, 0.4) is 0 Å². The molecule has 0 aliphatic rings. The molecule has 0 saturated heterocycles. The van der Waals surface area contributed by atoms with Crippen LogP contribution in [0.1, 0.15) is 35.8 Å². The number of rotatable bonds is 7. The van der Waals surface area contributed by atoms with Gasteiger partial charge in [-0.15, -0.1) is 0 Å². The van der Waals surface area contributed by atoms with Gasteiger partial charge in [0.1, 0.15) is 5.15 Å². The molecule has 3 rings (SSSR count). The molecular weight excluding hydrogens is 358 g/mol. The molecule has 0 aliphatic heterocycles. The summed E-state index contributed by atoms with van der Waals surface area (Å²) in [5.41, 5.74) is 2.47. The Labute approximate surface area is 165 Å². The number of carbonyl (C=O) groups is 1. The van der Waals surface area contributed by atoms with E-state index in [0.29, 0.717) is 17.3 Å². The lowest BCUT2D eigenvalue weighted by molar-refractivity contribution is 0.0936. The number of aromatic nitrogens is 1. The van der Waals surface area contributed by atoms with Gasteiger partial charge in [-0.25, -0.2) is 4.98 Å². The van der Waals surface area contributed by atoms with E-state index in [-0.39, 0.29) is 11.9 Å². The second-order valence-corrected chi connectivity index (χ2v) is 6.75. The monoisotopic (exact) mass is 381 g/mol. The van der Waals surface area contributed by atoms with E-state index < -0.39 is 0 Å². The number of para-hydroxylation sites is 1. The van der Waals surface area contributed by atoms with Crippen LogP contribution in [0.15, 0.2) is 60.7 Å². The topological polar surface area (TPSA) is 45.2 Å². The van der Waals surface area contributed by atoms with Crippen molar-refractivity contribution in [3.05, 3.63) is 76.9 Å². The van der Waals surface area contributed by atoms with E-state index in [9.17, 15) is 4.79 Å². The van der Waals surface area contributed by atoms with Gasteiger partial charge < -0.3 is 5.32 Å². The van der Waals surface area contributed by atoms with Gasteiger partial charge in [-0.1, -0.05) is 74.0 Å². The molecule has 5 heteroatoms. The molecule has 1 N–H and O–H groups in total. The van der Waals surface area contributed by atoms with Gasteiger partial charge in [0.05, 0.1) is 17.1 Å². The van der Waals surface area contributed by atoms with Crippen LogP contribution in [0.25, 0.3) is 10.9 Å². The molecule has 0 saturated carbocycles. The number of benzene rings is 2. The first-order valence-corrected chi connectivity index (χ1v) is 9.64. The summed E-state index contributed by atoms with van der Waals surface area (Å²) >= 11 is 6.12. The first-order valence-electron chi connectivity index (χ1n) is 9.26. The van der Waals surface area contributed by atoms with E-state index in [1.54, 1.807) is 6.07 Å². The molecule has 1 heterocycles. The van der Waals surface area contributed by atoms with Crippen molar-refractivity contribution in [2.24, 2.45) is 0 Å². The molecule has 0 spiro atoms. The maximum Gasteiger partial charge on any atom is 0.252 e. The van der Waals surface area contributed by atoms with E-state index in [2.05, 4.69) is 41.2 Å². The Morgan fingerprint density at radius 3 is 2.44 bits per heavy atom. The molecule has 4 nitrogen and oxygen atoms in total. The number of nitrogens with zero attached hydrogens (tertiary/aromatic N) is 2. The number of nitrogens with one attached hydrogen (secondary N) is 1. The number of hydrogen-bond donors (Lipinski definition) is 1. The molecule has 1 amide bonds. The first-order chi connectivity index (χ1) is 13.1. The summed E-state index contributed by atoms with van der Waals surface area (Å²) in [6.07, 6.45) is 0. The van der Waals surface area contributed by atoms with Crippen molar-refractivity contribution in [3.63, 3.8) is 0 Å². The van der Waals surface area contributed by atoms with Crippen molar-refractivity contribution in [2.75, 3.05) is 19.6 Å². The first kappa shape index (κ1) is 19.3. The maximum atomic E-state index is 12.9. The highest BCUT2D eigenvalue weighted by Crippen LogP contribution is 2.22. The average molecular weight is 382 g/mol. The summed E-state index contributed by atoms with van der Waals surface area (Å²) in [5.74, 6) is -0.136. The van der Waals surface area contributed by atoms with Crippen LogP contribution < -0.4 is 5.32 Å². The molecule has 27 heavy (non-hydrogen) atoms. The summed E-state index contributed by atoms with van der Waals surface area (Å²) in [6, 6.07) is 19.6. The number of fused-ring (bicyclic) bond motifs is 1. The van der Waals surface area contributed by atoms with E-state index in [4.69, 9.17) is 11.6 Å². The maximum absolute atomic E-state index is 12.9. The van der Waals surface area contributed by atoms with Gasteiger partial charge in [0.15, 0.2) is 0 Å². The van der Waals surface area contributed by atoms with Gasteiger partial charge in [0.25, 0.3) is 5.91 Å². The molecule has 0 bridgehead atoms. The predicted octanol–water partition coefficient (Wildman–Crippen LogP) is 4.70. The number of likely N-dealkylation sites (N-methyl/N-ethyl adjacent to an activating group) is 1. The van der Waals surface area contributed by atoms with Crippen molar-refractivity contribution >= 4 is 28.4 Å². The van der Waals surface area contributed by atoms with Crippen LogP contribution >= 0.6 is 11.6 Å². The van der Waals surface area contributed by atoms with E-state index in [1.165, 1.54) is 5.56 Å². The average Bonchev–Trinajstić information content (AvgIpc) is 2.70. The third-order valence-corrected chi connectivity index (χ3v) is 5.02. The highest BCUT2D eigenvalue weighted by atomic mass is 35.5. The number of halogens is 1. The van der Waals surface area contributed by atoms with Crippen molar-refractivity contribution < 1.29 is 4.79 Å². The van der Waals surface area contributed by atoms with Gasteiger partial charge in [0.2, 0.25) is 0 Å². The summed E-state index contributed by atoms with van der Waals surface area (Å²) < 4.78 is 0. The van der Waals surface area contributed by atoms with Crippen LogP contribution in [-0.2, 0) is 0 Å². The highest BCUT2D eigenvalue weighted by Gasteiger charge is 2.20. The molecule has 1 aromatic heterocycles. The normalized spacial score (nSPS) is 12.3. The van der Waals surface area contributed by atoms with Crippen molar-refractivity contribution in [1.82, 2.24) is 15.2 Å². The molecule has 1 unspecified atom stereocenters. The molecule has 3 aromatic rings. The lowest BCUT2D eigenvalue weighted by atomic mass is 10.0. The molecule has 0 radical (unpaired) electrons. The smallest absolute Gasteiger partial charge is 0.252 e. The number of amides is 1. The van der Waals surface area contributed by atoms with Crippen molar-refractivity contribution in [3.8, 4) is 0 Å². The van der Waals surface area contributed by atoms with Crippen molar-refractivity contribution in [1.29, 1.82) is 0 Å². The summed E-state index contributed by atoms with van der Waals surface area (Å²) in [5, 5.41) is 4.22. The van der Waals surface area contributed by atoms with Gasteiger partial charge in [-0.3, -0.25) is 9.69 Å². The minimum absolute atomic E-state index is 0.119. The Morgan fingerprint density at radius 1 is 1.07 bits per heavy atom. The summed E-state index contributed by atoms with van der Waals surface area (Å²) in [4.78, 5) is 19.6. The zero-order chi connectivity index (χ0) is 19.2. The number of hydrogen-bond acceptors (Lipinski definition) is 3. The minimum Gasteiger partial charge on any atom is -0.350 e. The molecule has 140 valence electrons. The predicted molar refractivity (Wildman–Crippen MR) is 111 cm³/mol. The molecular formula is C22H24ClN3O. The molecule has 1 atom stereocenters. The molecule has 0 fully saturated rings. The summed E-state index contributed by atoms with van der Waals surface area (Å²) in [7, 11) is 0.